The molecule has 1 aromatic heterocycles. The van der Waals surface area contributed by atoms with E-state index < -0.39 is 0 Å². The average molecular weight is 192 g/mol. The molecule has 0 radical (unpaired) electrons. The van der Waals surface area contributed by atoms with Crippen LogP contribution in [0.25, 0.3) is 0 Å². The van der Waals surface area contributed by atoms with Crippen molar-refractivity contribution in [1.82, 2.24) is 4.98 Å². The zero-order valence-corrected chi connectivity index (χ0v) is 8.49. The maximum atomic E-state index is 5.74. The molecule has 0 atom stereocenters. The Labute approximate surface area is 84.3 Å². The number of nitrogens with zero attached hydrogens (tertiary/aromatic N) is 1. The lowest BCUT2D eigenvalue weighted by Gasteiger charge is -2.13. The highest BCUT2D eigenvalue weighted by atomic mass is 16.5. The van der Waals surface area contributed by atoms with Gasteiger partial charge in [0.1, 0.15) is 5.75 Å². The molecular formula is C11H16N2O. The molecule has 2 N–H and O–H groups in total. The van der Waals surface area contributed by atoms with Gasteiger partial charge in [0.25, 0.3) is 0 Å². The summed E-state index contributed by atoms with van der Waals surface area (Å²) in [5, 5.41) is 0. The van der Waals surface area contributed by atoms with Crippen molar-refractivity contribution in [3.8, 4) is 5.75 Å². The second kappa shape index (κ2) is 3.58. The molecule has 2 rings (SSSR count). The van der Waals surface area contributed by atoms with E-state index in [0.29, 0.717) is 5.41 Å². The summed E-state index contributed by atoms with van der Waals surface area (Å²) < 4.78 is 5.26. The molecule has 1 aliphatic carbocycles. The fourth-order valence-corrected chi connectivity index (χ4v) is 1.73. The van der Waals surface area contributed by atoms with E-state index in [1.54, 1.807) is 7.11 Å². The Morgan fingerprint density at radius 2 is 2.36 bits per heavy atom. The normalized spacial score (nSPS) is 17.9. The third-order valence-electron chi connectivity index (χ3n) is 3.00. The second-order valence-electron chi connectivity index (χ2n) is 4.03. The number of pyridine rings is 1. The number of aromatic nitrogens is 1. The third-order valence-corrected chi connectivity index (χ3v) is 3.00. The summed E-state index contributed by atoms with van der Waals surface area (Å²) in [5.74, 6) is 0.882. The highest BCUT2D eigenvalue weighted by Crippen LogP contribution is 2.47. The van der Waals surface area contributed by atoms with Crippen LogP contribution < -0.4 is 10.5 Å². The van der Waals surface area contributed by atoms with Crippen LogP contribution in [0.4, 0.5) is 0 Å². The molecule has 0 unspecified atom stereocenters. The van der Waals surface area contributed by atoms with Crippen LogP contribution in [0.3, 0.4) is 0 Å². The molecule has 1 saturated carbocycles. The number of ether oxygens (including phenoxy) is 1. The first-order chi connectivity index (χ1) is 6.79. The number of hydrogen-bond acceptors (Lipinski definition) is 3. The second-order valence-corrected chi connectivity index (χ2v) is 4.03. The van der Waals surface area contributed by atoms with Crippen molar-refractivity contribution in [3.05, 3.63) is 24.0 Å². The van der Waals surface area contributed by atoms with Gasteiger partial charge >= 0.3 is 0 Å². The summed E-state index contributed by atoms with van der Waals surface area (Å²) in [6.07, 6.45) is 5.21. The Bertz CT molecular complexity index is 321. The number of methoxy groups -OCH3 is 1. The van der Waals surface area contributed by atoms with E-state index >= 15 is 0 Å². The largest absolute Gasteiger partial charge is 0.495 e. The highest BCUT2D eigenvalue weighted by molar-refractivity contribution is 5.28. The zero-order chi connectivity index (χ0) is 10.0. The maximum absolute atomic E-state index is 5.74. The van der Waals surface area contributed by atoms with Crippen molar-refractivity contribution < 1.29 is 4.74 Å². The van der Waals surface area contributed by atoms with Gasteiger partial charge < -0.3 is 10.5 Å². The molecular weight excluding hydrogens is 176 g/mol. The molecule has 1 aliphatic rings. The highest BCUT2D eigenvalue weighted by Gasteiger charge is 2.41. The number of hydrogen-bond donors (Lipinski definition) is 1. The molecule has 0 saturated heterocycles. The van der Waals surface area contributed by atoms with Gasteiger partial charge in [-0.15, -0.1) is 0 Å². The van der Waals surface area contributed by atoms with Gasteiger partial charge in [-0.25, -0.2) is 0 Å². The molecule has 1 heterocycles. The molecule has 3 nitrogen and oxygen atoms in total. The van der Waals surface area contributed by atoms with Crippen molar-refractivity contribution in [2.24, 2.45) is 11.1 Å². The molecule has 0 aliphatic heterocycles. The lowest BCUT2D eigenvalue weighted by atomic mass is 10.00. The van der Waals surface area contributed by atoms with E-state index in [2.05, 4.69) is 4.98 Å². The monoisotopic (exact) mass is 192 g/mol. The third kappa shape index (κ3) is 1.73. The van der Waals surface area contributed by atoms with Crippen molar-refractivity contribution in [1.29, 1.82) is 0 Å². The van der Waals surface area contributed by atoms with Crippen LogP contribution in [0.1, 0.15) is 18.5 Å². The van der Waals surface area contributed by atoms with Crippen LogP contribution in [0.2, 0.25) is 0 Å². The van der Waals surface area contributed by atoms with Gasteiger partial charge in [0.05, 0.1) is 12.8 Å². The minimum atomic E-state index is 0.321. The standard InChI is InChI=1S/C11H16N2O/c1-14-10-3-2-6-13-9(10)7-11(8-12)4-5-11/h2-3,6H,4-5,7-8,12H2,1H3. The van der Waals surface area contributed by atoms with Crippen molar-refractivity contribution in [2.75, 3.05) is 13.7 Å². The van der Waals surface area contributed by atoms with Gasteiger partial charge in [-0.3, -0.25) is 4.98 Å². The van der Waals surface area contributed by atoms with Gasteiger partial charge in [-0.05, 0) is 36.9 Å². The van der Waals surface area contributed by atoms with Crippen LogP contribution in [-0.2, 0) is 6.42 Å². The first-order valence-electron chi connectivity index (χ1n) is 4.98. The van der Waals surface area contributed by atoms with Crippen LogP contribution in [0.15, 0.2) is 18.3 Å². The van der Waals surface area contributed by atoms with Gasteiger partial charge in [-0.2, -0.15) is 0 Å². The van der Waals surface area contributed by atoms with Crippen LogP contribution >= 0.6 is 0 Å². The quantitative estimate of drug-likeness (QED) is 0.783. The zero-order valence-electron chi connectivity index (χ0n) is 8.49. The van der Waals surface area contributed by atoms with Crippen LogP contribution in [0, 0.1) is 5.41 Å². The Balaban J connectivity index is 2.16. The summed E-state index contributed by atoms with van der Waals surface area (Å²) in [6.45, 7) is 0.757. The molecule has 3 heteroatoms. The van der Waals surface area contributed by atoms with E-state index in [4.69, 9.17) is 10.5 Å². The SMILES string of the molecule is COc1cccnc1CC1(CN)CC1. The Morgan fingerprint density at radius 1 is 1.57 bits per heavy atom. The molecule has 76 valence electrons. The van der Waals surface area contributed by atoms with E-state index in [9.17, 15) is 0 Å². The molecule has 0 aromatic carbocycles. The summed E-state index contributed by atoms with van der Waals surface area (Å²) in [6, 6.07) is 3.85. The summed E-state index contributed by atoms with van der Waals surface area (Å²) in [4.78, 5) is 4.34. The first kappa shape index (κ1) is 9.46. The van der Waals surface area contributed by atoms with E-state index in [-0.39, 0.29) is 0 Å². The van der Waals surface area contributed by atoms with E-state index in [0.717, 1.165) is 24.4 Å². The van der Waals surface area contributed by atoms with E-state index in [1.165, 1.54) is 12.8 Å². The molecule has 14 heavy (non-hydrogen) atoms. The van der Waals surface area contributed by atoms with Crippen molar-refractivity contribution in [3.63, 3.8) is 0 Å². The predicted molar refractivity (Wildman–Crippen MR) is 55.2 cm³/mol. The van der Waals surface area contributed by atoms with Gasteiger partial charge in [0.2, 0.25) is 0 Å². The summed E-state index contributed by atoms with van der Waals surface area (Å²) in [5.41, 5.74) is 7.10. The summed E-state index contributed by atoms with van der Waals surface area (Å²) >= 11 is 0. The lowest BCUT2D eigenvalue weighted by molar-refractivity contribution is 0.398. The number of rotatable bonds is 4. The Morgan fingerprint density at radius 3 is 2.93 bits per heavy atom. The minimum absolute atomic E-state index is 0.321. The van der Waals surface area contributed by atoms with Gasteiger partial charge in [0.15, 0.2) is 0 Å². The van der Waals surface area contributed by atoms with Gasteiger partial charge in [0, 0.05) is 12.6 Å². The smallest absolute Gasteiger partial charge is 0.140 e. The van der Waals surface area contributed by atoms with Crippen LogP contribution in [0.5, 0.6) is 5.75 Å². The van der Waals surface area contributed by atoms with Gasteiger partial charge in [-0.1, -0.05) is 0 Å². The average Bonchev–Trinajstić information content (AvgIpc) is 2.99. The fourth-order valence-electron chi connectivity index (χ4n) is 1.73. The topological polar surface area (TPSA) is 48.1 Å². The lowest BCUT2D eigenvalue weighted by Crippen LogP contribution is -2.18. The molecule has 0 spiro atoms. The Hall–Kier alpha value is -1.09. The number of nitrogens with two attached hydrogens (primary N) is 1. The Kier molecular flexibility index (Phi) is 2.42. The summed E-state index contributed by atoms with van der Waals surface area (Å²) in [7, 11) is 1.68. The molecule has 1 aromatic rings. The van der Waals surface area contributed by atoms with Crippen LogP contribution in [-0.4, -0.2) is 18.6 Å². The van der Waals surface area contributed by atoms with Crippen molar-refractivity contribution >= 4 is 0 Å². The van der Waals surface area contributed by atoms with E-state index in [1.807, 2.05) is 18.3 Å². The molecule has 1 fully saturated rings. The fraction of sp³-hybridized carbons (Fsp3) is 0.545. The minimum Gasteiger partial charge on any atom is -0.495 e. The van der Waals surface area contributed by atoms with Crippen molar-refractivity contribution in [2.45, 2.75) is 19.3 Å². The predicted octanol–water partition coefficient (Wildman–Crippen LogP) is 1.37. The molecule has 0 bridgehead atoms. The first-order valence-corrected chi connectivity index (χ1v) is 4.98. The molecule has 0 amide bonds. The maximum Gasteiger partial charge on any atom is 0.140 e.